The number of rotatable bonds is 3. The van der Waals surface area contributed by atoms with Crippen molar-refractivity contribution in [1.82, 2.24) is 10.2 Å². The van der Waals surface area contributed by atoms with Crippen molar-refractivity contribution in [2.45, 2.75) is 6.92 Å². The normalized spacial score (nSPS) is 11.1. The molecule has 22 heavy (non-hydrogen) atoms. The van der Waals surface area contributed by atoms with Crippen LogP contribution in [-0.2, 0) is 0 Å². The first-order valence-electron chi connectivity index (χ1n) is 6.76. The summed E-state index contributed by atoms with van der Waals surface area (Å²) in [5.41, 5.74) is 9.81. The van der Waals surface area contributed by atoms with Gasteiger partial charge in [0.2, 0.25) is 0 Å². The van der Waals surface area contributed by atoms with Crippen LogP contribution in [0.4, 0.5) is 17.2 Å². The molecule has 1 heterocycles. The number of anilines is 1. The Morgan fingerprint density at radius 3 is 2.50 bits per heavy atom. The molecule has 0 aliphatic rings. The first kappa shape index (κ1) is 13.8. The van der Waals surface area contributed by atoms with Gasteiger partial charge in [-0.1, -0.05) is 24.3 Å². The van der Waals surface area contributed by atoms with E-state index < -0.39 is 0 Å². The van der Waals surface area contributed by atoms with Gasteiger partial charge in [-0.25, -0.2) is 0 Å². The molecule has 0 atom stereocenters. The zero-order chi connectivity index (χ0) is 15.5. The van der Waals surface area contributed by atoms with Crippen LogP contribution in [0, 0.1) is 6.92 Å². The number of aromatic amines is 1. The van der Waals surface area contributed by atoms with E-state index in [4.69, 9.17) is 5.73 Å². The van der Waals surface area contributed by atoms with E-state index in [0.29, 0.717) is 17.2 Å². The summed E-state index contributed by atoms with van der Waals surface area (Å²) < 4.78 is 0. The van der Waals surface area contributed by atoms with Crippen LogP contribution in [0.5, 0.6) is 5.75 Å². The Bertz CT molecular complexity index is 821. The molecular formula is C16H15N5O. The van der Waals surface area contributed by atoms with E-state index in [0.717, 1.165) is 16.8 Å². The van der Waals surface area contributed by atoms with Crippen LogP contribution in [0.3, 0.4) is 0 Å². The highest BCUT2D eigenvalue weighted by atomic mass is 16.3. The molecule has 6 heteroatoms. The standard InChI is InChI=1S/C16H15N5O/c1-10-4-2-3-5-13(10)14-15(16(17)21-19-14)20-18-11-6-8-12(22)9-7-11/h2-9,22H,1H3,(H3,17,19,21). The molecular weight excluding hydrogens is 278 g/mol. The summed E-state index contributed by atoms with van der Waals surface area (Å²) in [7, 11) is 0. The van der Waals surface area contributed by atoms with Crippen molar-refractivity contribution in [2.24, 2.45) is 10.2 Å². The van der Waals surface area contributed by atoms with Gasteiger partial charge in [0.15, 0.2) is 11.5 Å². The number of azo groups is 1. The number of aromatic hydroxyl groups is 1. The largest absolute Gasteiger partial charge is 0.508 e. The van der Waals surface area contributed by atoms with E-state index in [9.17, 15) is 5.11 Å². The van der Waals surface area contributed by atoms with Gasteiger partial charge in [0, 0.05) is 5.56 Å². The first-order valence-corrected chi connectivity index (χ1v) is 6.76. The molecule has 110 valence electrons. The van der Waals surface area contributed by atoms with E-state index in [1.807, 2.05) is 31.2 Å². The summed E-state index contributed by atoms with van der Waals surface area (Å²) in [6, 6.07) is 14.3. The fourth-order valence-electron chi connectivity index (χ4n) is 2.12. The minimum atomic E-state index is 0.183. The quantitative estimate of drug-likeness (QED) is 0.634. The number of benzene rings is 2. The number of aromatic nitrogens is 2. The number of phenols is 1. The number of nitrogens with two attached hydrogens (primary N) is 1. The minimum absolute atomic E-state index is 0.183. The summed E-state index contributed by atoms with van der Waals surface area (Å²) in [4.78, 5) is 0. The third-order valence-electron chi connectivity index (χ3n) is 3.30. The van der Waals surface area contributed by atoms with E-state index in [1.54, 1.807) is 24.3 Å². The highest BCUT2D eigenvalue weighted by Gasteiger charge is 2.13. The lowest BCUT2D eigenvalue weighted by Gasteiger charge is -2.03. The fourth-order valence-corrected chi connectivity index (χ4v) is 2.12. The van der Waals surface area contributed by atoms with Crippen LogP contribution in [0.15, 0.2) is 58.8 Å². The van der Waals surface area contributed by atoms with Crippen LogP contribution in [0.25, 0.3) is 11.3 Å². The topological polar surface area (TPSA) is 99.7 Å². The molecule has 0 aliphatic carbocycles. The smallest absolute Gasteiger partial charge is 0.173 e. The number of nitrogens with one attached hydrogen (secondary N) is 1. The van der Waals surface area contributed by atoms with Crippen LogP contribution < -0.4 is 5.73 Å². The molecule has 2 aromatic carbocycles. The van der Waals surface area contributed by atoms with Crippen LogP contribution in [0.2, 0.25) is 0 Å². The first-order chi connectivity index (χ1) is 10.6. The van der Waals surface area contributed by atoms with E-state index >= 15 is 0 Å². The molecule has 0 fully saturated rings. The number of H-pyrrole nitrogens is 1. The third-order valence-corrected chi connectivity index (χ3v) is 3.30. The summed E-state index contributed by atoms with van der Waals surface area (Å²) in [5, 5.41) is 24.5. The molecule has 1 aromatic heterocycles. The maximum Gasteiger partial charge on any atom is 0.173 e. The SMILES string of the molecule is Cc1ccccc1-c1[nH]nc(N)c1N=Nc1ccc(O)cc1. The summed E-state index contributed by atoms with van der Waals surface area (Å²) >= 11 is 0. The number of aryl methyl sites for hydroxylation is 1. The second kappa shape index (κ2) is 5.69. The van der Waals surface area contributed by atoms with Crippen molar-refractivity contribution in [2.75, 3.05) is 5.73 Å². The van der Waals surface area contributed by atoms with Gasteiger partial charge < -0.3 is 10.8 Å². The van der Waals surface area contributed by atoms with Gasteiger partial charge in [-0.3, -0.25) is 5.10 Å². The van der Waals surface area contributed by atoms with Crippen molar-refractivity contribution < 1.29 is 5.11 Å². The monoisotopic (exact) mass is 293 g/mol. The Hall–Kier alpha value is -3.15. The lowest BCUT2D eigenvalue weighted by molar-refractivity contribution is 0.475. The molecule has 3 aromatic rings. The lowest BCUT2D eigenvalue weighted by atomic mass is 10.1. The average Bonchev–Trinajstić information content (AvgIpc) is 2.88. The summed E-state index contributed by atoms with van der Waals surface area (Å²) in [5.74, 6) is 0.475. The van der Waals surface area contributed by atoms with Gasteiger partial charge in [0.1, 0.15) is 5.75 Å². The molecule has 0 radical (unpaired) electrons. The van der Waals surface area contributed by atoms with Crippen molar-refractivity contribution in [1.29, 1.82) is 0 Å². The third kappa shape index (κ3) is 2.67. The van der Waals surface area contributed by atoms with E-state index in [2.05, 4.69) is 20.4 Å². The number of nitrogens with zero attached hydrogens (tertiary/aromatic N) is 3. The lowest BCUT2D eigenvalue weighted by Crippen LogP contribution is -1.84. The number of hydrogen-bond donors (Lipinski definition) is 3. The fraction of sp³-hybridized carbons (Fsp3) is 0.0625. The zero-order valence-corrected chi connectivity index (χ0v) is 12.0. The maximum atomic E-state index is 9.27. The Morgan fingerprint density at radius 2 is 1.77 bits per heavy atom. The predicted octanol–water partition coefficient (Wildman–Crippen LogP) is 4.09. The highest BCUT2D eigenvalue weighted by molar-refractivity contribution is 5.80. The van der Waals surface area contributed by atoms with Gasteiger partial charge >= 0.3 is 0 Å². The van der Waals surface area contributed by atoms with E-state index in [1.165, 1.54) is 0 Å². The molecule has 0 saturated carbocycles. The zero-order valence-electron chi connectivity index (χ0n) is 12.0. The Labute approximate surface area is 127 Å². The molecule has 0 saturated heterocycles. The van der Waals surface area contributed by atoms with Gasteiger partial charge in [-0.15, -0.1) is 5.11 Å². The van der Waals surface area contributed by atoms with Crippen LogP contribution in [0.1, 0.15) is 5.56 Å². The molecule has 3 rings (SSSR count). The Balaban J connectivity index is 2.00. The Kier molecular flexibility index (Phi) is 3.57. The van der Waals surface area contributed by atoms with Gasteiger partial charge in [-0.05, 0) is 36.8 Å². The van der Waals surface area contributed by atoms with Crippen molar-refractivity contribution in [3.8, 4) is 17.0 Å². The summed E-state index contributed by atoms with van der Waals surface area (Å²) in [6.07, 6.45) is 0. The second-order valence-corrected chi connectivity index (χ2v) is 4.86. The molecule has 0 spiro atoms. The van der Waals surface area contributed by atoms with Crippen molar-refractivity contribution in [3.63, 3.8) is 0 Å². The highest BCUT2D eigenvalue weighted by Crippen LogP contribution is 2.35. The molecule has 0 amide bonds. The van der Waals surface area contributed by atoms with E-state index in [-0.39, 0.29) is 5.75 Å². The molecule has 0 bridgehead atoms. The molecule has 0 unspecified atom stereocenters. The molecule has 6 nitrogen and oxygen atoms in total. The Morgan fingerprint density at radius 1 is 1.05 bits per heavy atom. The van der Waals surface area contributed by atoms with Crippen molar-refractivity contribution >= 4 is 17.2 Å². The number of phenolic OH excluding ortho intramolecular Hbond substituents is 1. The number of hydrogen-bond acceptors (Lipinski definition) is 5. The predicted molar refractivity (Wildman–Crippen MR) is 85.5 cm³/mol. The molecule has 0 aliphatic heterocycles. The minimum Gasteiger partial charge on any atom is -0.508 e. The average molecular weight is 293 g/mol. The maximum absolute atomic E-state index is 9.27. The molecule has 4 N–H and O–H groups in total. The van der Waals surface area contributed by atoms with Crippen LogP contribution in [-0.4, -0.2) is 15.3 Å². The van der Waals surface area contributed by atoms with Crippen molar-refractivity contribution in [3.05, 3.63) is 54.1 Å². The van der Waals surface area contributed by atoms with Gasteiger partial charge in [0.05, 0.1) is 11.4 Å². The number of nitrogen functional groups attached to an aromatic ring is 1. The van der Waals surface area contributed by atoms with Gasteiger partial charge in [0.25, 0.3) is 0 Å². The van der Waals surface area contributed by atoms with Crippen LogP contribution >= 0.6 is 0 Å². The van der Waals surface area contributed by atoms with Gasteiger partial charge in [-0.2, -0.15) is 10.2 Å². The second-order valence-electron chi connectivity index (χ2n) is 4.86. The summed E-state index contributed by atoms with van der Waals surface area (Å²) in [6.45, 7) is 2.01.